The second-order valence-corrected chi connectivity index (χ2v) is 5.28. The molecule has 0 amide bonds. The molecule has 4 heteroatoms. The van der Waals surface area contributed by atoms with Gasteiger partial charge in [0.25, 0.3) is 0 Å². The van der Waals surface area contributed by atoms with E-state index in [1.165, 1.54) is 17.6 Å². The van der Waals surface area contributed by atoms with Crippen LogP contribution in [0.15, 0.2) is 21.5 Å². The Morgan fingerprint density at radius 2 is 2.12 bits per heavy atom. The lowest BCUT2D eigenvalue weighted by Crippen LogP contribution is -2.04. The predicted molar refractivity (Wildman–Crippen MR) is 71.3 cm³/mol. The van der Waals surface area contributed by atoms with Crippen molar-refractivity contribution in [3.05, 3.63) is 27.7 Å². The van der Waals surface area contributed by atoms with E-state index in [1.807, 2.05) is 12.1 Å². The van der Waals surface area contributed by atoms with Crippen LogP contribution in [0.1, 0.15) is 29.8 Å². The molecule has 88 valence electrons. The topological polar surface area (TPSA) is 26.3 Å². The van der Waals surface area contributed by atoms with Crippen LogP contribution in [-0.2, 0) is 11.2 Å². The van der Waals surface area contributed by atoms with E-state index in [4.69, 9.17) is 4.74 Å². The molecule has 0 saturated carbocycles. The number of carbonyl (C=O) groups is 1. The molecular formula is C12H15BrO2S. The molecule has 0 unspecified atom stereocenters. The van der Waals surface area contributed by atoms with Gasteiger partial charge in [0, 0.05) is 9.37 Å². The number of ether oxygens (including phenoxy) is 1. The van der Waals surface area contributed by atoms with Gasteiger partial charge in [-0.15, -0.1) is 11.8 Å². The zero-order valence-corrected chi connectivity index (χ0v) is 12.1. The Labute approximate surface area is 109 Å². The number of esters is 1. The molecular weight excluding hydrogens is 288 g/mol. The highest BCUT2D eigenvalue weighted by atomic mass is 79.9. The maximum absolute atomic E-state index is 11.5. The number of hydrogen-bond donors (Lipinski definition) is 0. The molecule has 0 spiro atoms. The molecule has 0 fully saturated rings. The van der Waals surface area contributed by atoms with Crippen molar-refractivity contribution < 1.29 is 9.53 Å². The molecule has 0 aromatic heterocycles. The van der Waals surface area contributed by atoms with E-state index in [0.29, 0.717) is 5.56 Å². The number of hydrogen-bond acceptors (Lipinski definition) is 3. The Hall–Kier alpha value is -0.480. The van der Waals surface area contributed by atoms with Crippen molar-refractivity contribution in [2.75, 3.05) is 12.9 Å². The van der Waals surface area contributed by atoms with Gasteiger partial charge in [0.1, 0.15) is 0 Å². The molecule has 0 aliphatic rings. The third kappa shape index (κ3) is 2.80. The molecule has 0 heterocycles. The Bertz CT molecular complexity index is 391. The largest absolute Gasteiger partial charge is 0.465 e. The maximum atomic E-state index is 11.5. The number of rotatable bonds is 4. The molecule has 0 atom stereocenters. The van der Waals surface area contributed by atoms with Crippen molar-refractivity contribution in [3.8, 4) is 0 Å². The number of methoxy groups -OCH3 is 1. The third-order valence-electron chi connectivity index (χ3n) is 2.26. The van der Waals surface area contributed by atoms with Gasteiger partial charge in [0.2, 0.25) is 0 Å². The first-order valence-electron chi connectivity index (χ1n) is 5.18. The Morgan fingerprint density at radius 1 is 1.44 bits per heavy atom. The van der Waals surface area contributed by atoms with Crippen LogP contribution in [0.4, 0.5) is 0 Å². The number of thioether (sulfide) groups is 1. The minimum absolute atomic E-state index is 0.297. The van der Waals surface area contributed by atoms with Gasteiger partial charge in [-0.25, -0.2) is 4.79 Å². The maximum Gasteiger partial charge on any atom is 0.339 e. The summed E-state index contributed by atoms with van der Waals surface area (Å²) in [7, 11) is 1.40. The van der Waals surface area contributed by atoms with Gasteiger partial charge in [-0.1, -0.05) is 13.8 Å². The second-order valence-electron chi connectivity index (χ2n) is 3.18. The fourth-order valence-corrected chi connectivity index (χ4v) is 3.31. The lowest BCUT2D eigenvalue weighted by atomic mass is 10.1. The Balaban J connectivity index is 3.22. The first-order valence-corrected chi connectivity index (χ1v) is 6.96. The SMILES string of the molecule is CCSc1ccc(C(=O)OC)c(Br)c1CC. The van der Waals surface area contributed by atoms with Gasteiger partial charge in [0.05, 0.1) is 12.7 Å². The summed E-state index contributed by atoms with van der Waals surface area (Å²) in [6, 6.07) is 3.80. The molecule has 0 N–H and O–H groups in total. The van der Waals surface area contributed by atoms with E-state index in [1.54, 1.807) is 11.8 Å². The van der Waals surface area contributed by atoms with Crippen molar-refractivity contribution in [2.24, 2.45) is 0 Å². The van der Waals surface area contributed by atoms with Gasteiger partial charge in [0.15, 0.2) is 0 Å². The van der Waals surface area contributed by atoms with Crippen LogP contribution in [0.25, 0.3) is 0 Å². The highest BCUT2D eigenvalue weighted by Crippen LogP contribution is 2.32. The molecule has 1 aromatic carbocycles. The normalized spacial score (nSPS) is 10.2. The third-order valence-corrected chi connectivity index (χ3v) is 4.15. The molecule has 2 nitrogen and oxygen atoms in total. The molecule has 0 aliphatic carbocycles. The average Bonchev–Trinajstić information content (AvgIpc) is 2.29. The quantitative estimate of drug-likeness (QED) is 0.623. The van der Waals surface area contributed by atoms with E-state index in [-0.39, 0.29) is 5.97 Å². The van der Waals surface area contributed by atoms with Crippen LogP contribution in [0.2, 0.25) is 0 Å². The highest BCUT2D eigenvalue weighted by Gasteiger charge is 2.15. The standard InChI is InChI=1S/C12H15BrO2S/c1-4-8-10(16-5-2)7-6-9(11(8)13)12(14)15-3/h6-7H,4-5H2,1-3H3. The van der Waals surface area contributed by atoms with Crippen LogP contribution in [0.5, 0.6) is 0 Å². The van der Waals surface area contributed by atoms with E-state index in [0.717, 1.165) is 16.6 Å². The van der Waals surface area contributed by atoms with Crippen LogP contribution in [0, 0.1) is 0 Å². The summed E-state index contributed by atoms with van der Waals surface area (Å²) in [5.41, 5.74) is 1.77. The summed E-state index contributed by atoms with van der Waals surface area (Å²) >= 11 is 5.28. The number of carbonyl (C=O) groups excluding carboxylic acids is 1. The van der Waals surface area contributed by atoms with Crippen molar-refractivity contribution in [1.82, 2.24) is 0 Å². The average molecular weight is 303 g/mol. The lowest BCUT2D eigenvalue weighted by Gasteiger charge is -2.11. The summed E-state index contributed by atoms with van der Waals surface area (Å²) in [5, 5.41) is 0. The van der Waals surface area contributed by atoms with Crippen molar-refractivity contribution >= 4 is 33.7 Å². The minimum Gasteiger partial charge on any atom is -0.465 e. The molecule has 1 aromatic rings. The van der Waals surface area contributed by atoms with Crippen LogP contribution >= 0.6 is 27.7 Å². The van der Waals surface area contributed by atoms with Gasteiger partial charge < -0.3 is 4.74 Å². The van der Waals surface area contributed by atoms with Crippen LogP contribution in [-0.4, -0.2) is 18.8 Å². The van der Waals surface area contributed by atoms with Crippen molar-refractivity contribution in [2.45, 2.75) is 25.2 Å². The zero-order valence-electron chi connectivity index (χ0n) is 9.67. The Morgan fingerprint density at radius 3 is 2.62 bits per heavy atom. The van der Waals surface area contributed by atoms with Gasteiger partial charge in [-0.2, -0.15) is 0 Å². The van der Waals surface area contributed by atoms with Crippen LogP contribution in [0.3, 0.4) is 0 Å². The lowest BCUT2D eigenvalue weighted by molar-refractivity contribution is 0.0599. The summed E-state index contributed by atoms with van der Waals surface area (Å²) in [6.07, 6.45) is 0.897. The monoisotopic (exact) mass is 302 g/mol. The van der Waals surface area contributed by atoms with Gasteiger partial charge >= 0.3 is 5.97 Å². The predicted octanol–water partition coefficient (Wildman–Crippen LogP) is 3.91. The summed E-state index contributed by atoms with van der Waals surface area (Å²) in [5.74, 6) is 0.728. The van der Waals surface area contributed by atoms with E-state index >= 15 is 0 Å². The first kappa shape index (κ1) is 13.6. The number of benzene rings is 1. The molecule has 0 saturated heterocycles. The Kier molecular flexibility index (Phi) is 5.35. The first-order chi connectivity index (χ1) is 7.65. The van der Waals surface area contributed by atoms with Crippen molar-refractivity contribution in [3.63, 3.8) is 0 Å². The minimum atomic E-state index is -0.297. The smallest absolute Gasteiger partial charge is 0.339 e. The molecule has 0 radical (unpaired) electrons. The van der Waals surface area contributed by atoms with Gasteiger partial charge in [-0.05, 0) is 45.8 Å². The molecule has 16 heavy (non-hydrogen) atoms. The van der Waals surface area contributed by atoms with Crippen LogP contribution < -0.4 is 0 Å². The van der Waals surface area contributed by atoms with E-state index < -0.39 is 0 Å². The summed E-state index contributed by atoms with van der Waals surface area (Å²) < 4.78 is 5.60. The molecule has 0 bridgehead atoms. The van der Waals surface area contributed by atoms with Crippen molar-refractivity contribution in [1.29, 1.82) is 0 Å². The summed E-state index contributed by atoms with van der Waals surface area (Å²) in [6.45, 7) is 4.20. The molecule has 0 aliphatic heterocycles. The molecule has 1 rings (SSSR count). The highest BCUT2D eigenvalue weighted by molar-refractivity contribution is 9.10. The van der Waals surface area contributed by atoms with E-state index in [2.05, 4.69) is 29.8 Å². The fourth-order valence-electron chi connectivity index (χ4n) is 1.49. The van der Waals surface area contributed by atoms with Gasteiger partial charge in [-0.3, -0.25) is 0 Å². The second kappa shape index (κ2) is 6.30. The summed E-state index contributed by atoms with van der Waals surface area (Å²) in [4.78, 5) is 12.7. The fraction of sp³-hybridized carbons (Fsp3) is 0.417. The zero-order chi connectivity index (χ0) is 12.1. The van der Waals surface area contributed by atoms with E-state index in [9.17, 15) is 4.79 Å². The number of halogens is 1.